The van der Waals surface area contributed by atoms with Crippen LogP contribution in [0.15, 0.2) is 59.6 Å². The van der Waals surface area contributed by atoms with E-state index in [1.54, 1.807) is 39.6 Å². The molecule has 180 valence electrons. The number of carbonyl (C=O) groups is 2. The number of rotatable bonds is 6. The minimum Gasteiger partial charge on any atom is -0.450 e. The lowest BCUT2D eigenvalue weighted by molar-refractivity contribution is -0.133. The predicted molar refractivity (Wildman–Crippen MR) is 129 cm³/mol. The topological polar surface area (TPSA) is 88.9 Å². The second-order valence-electron chi connectivity index (χ2n) is 8.45. The van der Waals surface area contributed by atoms with E-state index in [9.17, 15) is 18.0 Å². The Bertz CT molecular complexity index is 1290. The van der Waals surface area contributed by atoms with Gasteiger partial charge in [-0.3, -0.25) is 4.79 Å². The molecule has 4 rings (SSSR count). The van der Waals surface area contributed by atoms with Crippen LogP contribution >= 0.6 is 0 Å². The maximum atomic E-state index is 13.3. The monoisotopic (exact) mass is 483 g/mol. The van der Waals surface area contributed by atoms with Crippen molar-refractivity contribution in [3.8, 4) is 0 Å². The van der Waals surface area contributed by atoms with E-state index < -0.39 is 9.84 Å². The molecular weight excluding hydrogens is 454 g/mol. The molecule has 0 saturated carbocycles. The number of sulfone groups is 1. The van der Waals surface area contributed by atoms with E-state index in [-0.39, 0.29) is 29.2 Å². The molecular formula is C25H29N3O5S. The molecule has 2 amide bonds. The van der Waals surface area contributed by atoms with Crippen LogP contribution in [0.2, 0.25) is 0 Å². The molecule has 2 aromatic carbocycles. The fourth-order valence-electron chi connectivity index (χ4n) is 4.17. The Morgan fingerprint density at radius 3 is 2.26 bits per heavy atom. The van der Waals surface area contributed by atoms with Crippen LogP contribution in [0.3, 0.4) is 0 Å². The lowest BCUT2D eigenvalue weighted by Gasteiger charge is -2.34. The number of benzene rings is 2. The van der Waals surface area contributed by atoms with E-state index in [4.69, 9.17) is 4.74 Å². The normalized spacial score (nSPS) is 14.4. The second kappa shape index (κ2) is 9.89. The molecule has 34 heavy (non-hydrogen) atoms. The summed E-state index contributed by atoms with van der Waals surface area (Å²) in [4.78, 5) is 28.4. The average molecular weight is 484 g/mol. The van der Waals surface area contributed by atoms with Crippen molar-refractivity contribution in [1.82, 2.24) is 14.4 Å². The standard InChI is InChI=1S/C25H29N3O5S/c1-3-33-25(30)27-14-12-26(13-15-27)24(29)17-28-16-23(21-6-4-5-7-22(21)28)34(31,32)18-20-10-8-19(2)9-11-20/h4-11,16H,3,12-15,17-18H2,1-2H3. The number of fused-ring (bicyclic) bond motifs is 1. The highest BCUT2D eigenvalue weighted by atomic mass is 32.2. The molecule has 0 spiro atoms. The summed E-state index contributed by atoms with van der Waals surface area (Å²) >= 11 is 0. The Kier molecular flexibility index (Phi) is 6.92. The third-order valence-corrected chi connectivity index (χ3v) is 7.74. The van der Waals surface area contributed by atoms with Crippen LogP contribution in [0.5, 0.6) is 0 Å². The van der Waals surface area contributed by atoms with Gasteiger partial charge in [-0.05, 0) is 25.5 Å². The van der Waals surface area contributed by atoms with E-state index in [0.717, 1.165) is 11.1 Å². The maximum Gasteiger partial charge on any atom is 0.409 e. The fraction of sp³-hybridized carbons (Fsp3) is 0.360. The molecule has 1 fully saturated rings. The smallest absolute Gasteiger partial charge is 0.409 e. The highest BCUT2D eigenvalue weighted by Gasteiger charge is 2.27. The van der Waals surface area contributed by atoms with Gasteiger partial charge in [0.05, 0.1) is 17.3 Å². The van der Waals surface area contributed by atoms with Crippen LogP contribution in [0, 0.1) is 6.92 Å². The predicted octanol–water partition coefficient (Wildman–Crippen LogP) is 3.22. The number of piperazine rings is 1. The average Bonchev–Trinajstić information content (AvgIpc) is 3.20. The van der Waals surface area contributed by atoms with Gasteiger partial charge in [0.15, 0.2) is 9.84 Å². The van der Waals surface area contributed by atoms with Gasteiger partial charge in [-0.2, -0.15) is 0 Å². The van der Waals surface area contributed by atoms with Gasteiger partial charge in [0.2, 0.25) is 5.91 Å². The fourth-order valence-corrected chi connectivity index (χ4v) is 5.75. The zero-order valence-corrected chi connectivity index (χ0v) is 20.3. The minimum atomic E-state index is -3.62. The number of amides is 2. The van der Waals surface area contributed by atoms with Gasteiger partial charge in [-0.15, -0.1) is 0 Å². The molecule has 1 aliphatic heterocycles. The summed E-state index contributed by atoms with van der Waals surface area (Å²) in [6.07, 6.45) is 1.20. The van der Waals surface area contributed by atoms with Crippen molar-refractivity contribution >= 4 is 32.7 Å². The van der Waals surface area contributed by atoms with Crippen LogP contribution in [-0.4, -0.2) is 67.6 Å². The van der Waals surface area contributed by atoms with Gasteiger partial charge < -0.3 is 19.1 Å². The van der Waals surface area contributed by atoms with Crippen LogP contribution in [-0.2, 0) is 31.7 Å². The quantitative estimate of drug-likeness (QED) is 0.537. The summed E-state index contributed by atoms with van der Waals surface area (Å²) in [5.74, 6) is -0.225. The van der Waals surface area contributed by atoms with Crippen molar-refractivity contribution in [2.75, 3.05) is 32.8 Å². The van der Waals surface area contributed by atoms with Crippen LogP contribution in [0.1, 0.15) is 18.1 Å². The van der Waals surface area contributed by atoms with Gasteiger partial charge in [0.25, 0.3) is 0 Å². The summed E-state index contributed by atoms with van der Waals surface area (Å²) in [7, 11) is -3.62. The summed E-state index contributed by atoms with van der Waals surface area (Å²) < 4.78 is 33.3. The van der Waals surface area contributed by atoms with Gasteiger partial charge in [-0.25, -0.2) is 13.2 Å². The molecule has 0 radical (unpaired) electrons. The van der Waals surface area contributed by atoms with E-state index in [1.807, 2.05) is 43.3 Å². The van der Waals surface area contributed by atoms with Crippen molar-refractivity contribution in [1.29, 1.82) is 0 Å². The number of aromatic nitrogens is 1. The minimum absolute atomic E-state index is 0.0277. The van der Waals surface area contributed by atoms with Crippen LogP contribution in [0.25, 0.3) is 10.9 Å². The zero-order chi connectivity index (χ0) is 24.3. The Balaban J connectivity index is 1.52. The Labute approximate surface area is 199 Å². The van der Waals surface area contributed by atoms with Crippen molar-refractivity contribution in [3.05, 3.63) is 65.9 Å². The number of hydrogen-bond acceptors (Lipinski definition) is 5. The van der Waals surface area contributed by atoms with Crippen molar-refractivity contribution in [3.63, 3.8) is 0 Å². The third kappa shape index (κ3) is 5.09. The summed E-state index contributed by atoms with van der Waals surface area (Å²) in [5.41, 5.74) is 2.49. The van der Waals surface area contributed by atoms with Crippen molar-refractivity contribution in [2.24, 2.45) is 0 Å². The Morgan fingerprint density at radius 2 is 1.59 bits per heavy atom. The number of nitrogens with zero attached hydrogens (tertiary/aromatic N) is 3. The number of carbonyl (C=O) groups excluding carboxylic acids is 2. The Morgan fingerprint density at radius 1 is 0.941 bits per heavy atom. The summed E-state index contributed by atoms with van der Waals surface area (Å²) in [6, 6.07) is 14.7. The lowest BCUT2D eigenvalue weighted by atomic mass is 10.2. The van der Waals surface area contributed by atoms with Gasteiger partial charge >= 0.3 is 6.09 Å². The largest absolute Gasteiger partial charge is 0.450 e. The molecule has 0 bridgehead atoms. The van der Waals surface area contributed by atoms with E-state index in [2.05, 4.69) is 0 Å². The SMILES string of the molecule is CCOC(=O)N1CCN(C(=O)Cn2cc(S(=O)(=O)Cc3ccc(C)cc3)c3ccccc32)CC1. The maximum absolute atomic E-state index is 13.3. The molecule has 0 atom stereocenters. The van der Waals surface area contributed by atoms with Gasteiger partial charge in [0, 0.05) is 43.3 Å². The molecule has 0 unspecified atom stereocenters. The van der Waals surface area contributed by atoms with Gasteiger partial charge in [0.1, 0.15) is 6.54 Å². The molecule has 0 N–H and O–H groups in total. The molecule has 8 nitrogen and oxygen atoms in total. The van der Waals surface area contributed by atoms with Crippen molar-refractivity contribution < 1.29 is 22.7 Å². The first-order chi connectivity index (χ1) is 16.3. The molecule has 2 heterocycles. The first-order valence-corrected chi connectivity index (χ1v) is 13.0. The molecule has 1 saturated heterocycles. The number of hydrogen-bond donors (Lipinski definition) is 0. The second-order valence-corrected chi connectivity index (χ2v) is 10.4. The van der Waals surface area contributed by atoms with E-state index >= 15 is 0 Å². The van der Waals surface area contributed by atoms with E-state index in [0.29, 0.717) is 43.7 Å². The highest BCUT2D eigenvalue weighted by molar-refractivity contribution is 7.90. The zero-order valence-electron chi connectivity index (χ0n) is 19.4. The van der Waals surface area contributed by atoms with Crippen LogP contribution < -0.4 is 0 Å². The molecule has 9 heteroatoms. The van der Waals surface area contributed by atoms with E-state index in [1.165, 1.54) is 0 Å². The van der Waals surface area contributed by atoms with Gasteiger partial charge in [-0.1, -0.05) is 48.0 Å². The molecule has 1 aliphatic rings. The summed E-state index contributed by atoms with van der Waals surface area (Å²) in [5, 5.41) is 0.606. The number of ether oxygens (including phenoxy) is 1. The lowest BCUT2D eigenvalue weighted by Crippen LogP contribution is -2.51. The number of aryl methyl sites for hydroxylation is 1. The molecule has 1 aromatic heterocycles. The summed E-state index contributed by atoms with van der Waals surface area (Å²) in [6.45, 7) is 5.70. The van der Waals surface area contributed by atoms with Crippen molar-refractivity contribution in [2.45, 2.75) is 31.0 Å². The first-order valence-electron chi connectivity index (χ1n) is 11.3. The third-order valence-electron chi connectivity index (χ3n) is 6.03. The number of para-hydroxylation sites is 1. The Hall–Kier alpha value is -3.33. The molecule has 0 aliphatic carbocycles. The first kappa shape index (κ1) is 23.8. The highest BCUT2D eigenvalue weighted by Crippen LogP contribution is 2.28. The molecule has 3 aromatic rings. The van der Waals surface area contributed by atoms with Crippen LogP contribution in [0.4, 0.5) is 4.79 Å².